The standard InChI is InChI=1S/C13H13ClN2S2/c14-10-2-1-9(8-16-11-3-4-11)12(7-10)18-13-15-5-6-17-13/h1-2,5-7,11,16H,3-4,8H2. The summed E-state index contributed by atoms with van der Waals surface area (Å²) >= 11 is 9.43. The van der Waals surface area contributed by atoms with Crippen molar-refractivity contribution in [2.45, 2.75) is 34.7 Å². The maximum Gasteiger partial charge on any atom is 0.154 e. The number of benzene rings is 1. The molecule has 0 unspecified atom stereocenters. The summed E-state index contributed by atoms with van der Waals surface area (Å²) in [5.74, 6) is 0. The molecule has 18 heavy (non-hydrogen) atoms. The van der Waals surface area contributed by atoms with E-state index in [4.69, 9.17) is 11.6 Å². The summed E-state index contributed by atoms with van der Waals surface area (Å²) in [7, 11) is 0. The predicted octanol–water partition coefficient (Wildman–Crippen LogP) is 4.20. The quantitative estimate of drug-likeness (QED) is 0.895. The first-order valence-electron chi connectivity index (χ1n) is 5.90. The summed E-state index contributed by atoms with van der Waals surface area (Å²) in [6, 6.07) is 6.81. The van der Waals surface area contributed by atoms with Crippen molar-refractivity contribution in [3.63, 3.8) is 0 Å². The Hall–Kier alpha value is -0.550. The number of nitrogens with zero attached hydrogens (tertiary/aromatic N) is 1. The van der Waals surface area contributed by atoms with Crippen LogP contribution in [-0.2, 0) is 6.54 Å². The van der Waals surface area contributed by atoms with Crippen LogP contribution in [0.1, 0.15) is 18.4 Å². The molecule has 1 aliphatic rings. The lowest BCUT2D eigenvalue weighted by molar-refractivity contribution is 0.680. The summed E-state index contributed by atoms with van der Waals surface area (Å²) in [4.78, 5) is 5.51. The van der Waals surface area contributed by atoms with E-state index in [1.165, 1.54) is 23.3 Å². The van der Waals surface area contributed by atoms with Crippen LogP contribution in [0.25, 0.3) is 0 Å². The van der Waals surface area contributed by atoms with Crippen molar-refractivity contribution in [2.75, 3.05) is 0 Å². The van der Waals surface area contributed by atoms with Gasteiger partial charge in [-0.2, -0.15) is 0 Å². The highest BCUT2D eigenvalue weighted by Crippen LogP contribution is 2.34. The molecular formula is C13H13ClN2S2. The van der Waals surface area contributed by atoms with E-state index >= 15 is 0 Å². The van der Waals surface area contributed by atoms with Gasteiger partial charge in [0.2, 0.25) is 0 Å². The van der Waals surface area contributed by atoms with Crippen molar-refractivity contribution < 1.29 is 0 Å². The zero-order valence-electron chi connectivity index (χ0n) is 9.73. The molecule has 1 aromatic carbocycles. The van der Waals surface area contributed by atoms with Gasteiger partial charge in [-0.05, 0) is 30.5 Å². The molecule has 1 aliphatic carbocycles. The van der Waals surface area contributed by atoms with Gasteiger partial charge in [-0.1, -0.05) is 29.4 Å². The van der Waals surface area contributed by atoms with Gasteiger partial charge in [0, 0.05) is 34.1 Å². The van der Waals surface area contributed by atoms with Gasteiger partial charge in [0.1, 0.15) is 0 Å². The van der Waals surface area contributed by atoms with Crippen molar-refractivity contribution in [3.8, 4) is 0 Å². The van der Waals surface area contributed by atoms with Crippen molar-refractivity contribution in [2.24, 2.45) is 0 Å². The van der Waals surface area contributed by atoms with Crippen molar-refractivity contribution in [3.05, 3.63) is 40.4 Å². The second-order valence-electron chi connectivity index (χ2n) is 4.31. The fourth-order valence-electron chi connectivity index (χ4n) is 1.67. The Morgan fingerprint density at radius 2 is 2.33 bits per heavy atom. The van der Waals surface area contributed by atoms with Gasteiger partial charge in [-0.3, -0.25) is 0 Å². The van der Waals surface area contributed by atoms with Gasteiger partial charge in [-0.15, -0.1) is 11.3 Å². The molecule has 1 heterocycles. The third-order valence-electron chi connectivity index (χ3n) is 2.79. The molecule has 0 aliphatic heterocycles. The highest BCUT2D eigenvalue weighted by Gasteiger charge is 2.20. The Bertz CT molecular complexity index is 524. The van der Waals surface area contributed by atoms with E-state index < -0.39 is 0 Å². The van der Waals surface area contributed by atoms with E-state index in [0.717, 1.165) is 21.9 Å². The van der Waals surface area contributed by atoms with Gasteiger partial charge in [0.25, 0.3) is 0 Å². The molecule has 0 atom stereocenters. The van der Waals surface area contributed by atoms with E-state index in [0.29, 0.717) is 0 Å². The Morgan fingerprint density at radius 1 is 1.44 bits per heavy atom. The van der Waals surface area contributed by atoms with Crippen LogP contribution >= 0.6 is 34.7 Å². The zero-order chi connectivity index (χ0) is 12.4. The van der Waals surface area contributed by atoms with Gasteiger partial charge >= 0.3 is 0 Å². The number of thiazole rings is 1. The number of nitrogens with one attached hydrogen (secondary N) is 1. The predicted molar refractivity (Wildman–Crippen MR) is 77.6 cm³/mol. The minimum absolute atomic E-state index is 0.721. The molecule has 1 saturated carbocycles. The smallest absolute Gasteiger partial charge is 0.154 e. The van der Waals surface area contributed by atoms with E-state index in [2.05, 4.69) is 16.4 Å². The minimum Gasteiger partial charge on any atom is -0.310 e. The number of hydrogen-bond acceptors (Lipinski definition) is 4. The van der Waals surface area contributed by atoms with Gasteiger partial charge in [0.05, 0.1) is 0 Å². The fourth-order valence-corrected chi connectivity index (χ4v) is 3.65. The van der Waals surface area contributed by atoms with E-state index in [-0.39, 0.29) is 0 Å². The highest BCUT2D eigenvalue weighted by molar-refractivity contribution is 8.01. The largest absolute Gasteiger partial charge is 0.310 e. The van der Waals surface area contributed by atoms with Crippen LogP contribution in [0.5, 0.6) is 0 Å². The molecule has 0 radical (unpaired) electrons. The van der Waals surface area contributed by atoms with Crippen molar-refractivity contribution in [1.82, 2.24) is 10.3 Å². The fraction of sp³-hybridized carbons (Fsp3) is 0.308. The summed E-state index contributed by atoms with van der Waals surface area (Å²) < 4.78 is 1.06. The Morgan fingerprint density at radius 3 is 3.06 bits per heavy atom. The van der Waals surface area contributed by atoms with Crippen LogP contribution in [0.15, 0.2) is 39.0 Å². The lowest BCUT2D eigenvalue weighted by atomic mass is 10.2. The maximum atomic E-state index is 6.08. The molecule has 0 amide bonds. The van der Waals surface area contributed by atoms with Gasteiger partial charge in [-0.25, -0.2) is 4.98 Å². The number of hydrogen-bond donors (Lipinski definition) is 1. The van der Waals surface area contributed by atoms with Crippen LogP contribution < -0.4 is 5.32 Å². The first-order valence-corrected chi connectivity index (χ1v) is 7.98. The third kappa shape index (κ3) is 3.26. The van der Waals surface area contributed by atoms with Crippen molar-refractivity contribution in [1.29, 1.82) is 0 Å². The maximum absolute atomic E-state index is 6.08. The first-order chi connectivity index (χ1) is 8.81. The Balaban J connectivity index is 1.78. The lowest BCUT2D eigenvalue weighted by Gasteiger charge is -2.09. The molecule has 5 heteroatoms. The summed E-state index contributed by atoms with van der Waals surface area (Å²) in [5, 5.41) is 6.32. The van der Waals surface area contributed by atoms with Crippen molar-refractivity contribution >= 4 is 34.7 Å². The van der Waals surface area contributed by atoms with Crippen LogP contribution in [0.4, 0.5) is 0 Å². The van der Waals surface area contributed by atoms with Crippen LogP contribution in [0, 0.1) is 0 Å². The number of halogens is 1. The molecule has 0 saturated heterocycles. The molecule has 94 valence electrons. The van der Waals surface area contributed by atoms with Crippen LogP contribution in [0.2, 0.25) is 5.02 Å². The molecule has 1 fully saturated rings. The molecule has 2 nitrogen and oxygen atoms in total. The molecule has 0 spiro atoms. The van der Waals surface area contributed by atoms with E-state index in [9.17, 15) is 0 Å². The molecule has 1 N–H and O–H groups in total. The third-order valence-corrected chi connectivity index (χ3v) is 5.01. The van der Waals surface area contributed by atoms with Crippen LogP contribution in [-0.4, -0.2) is 11.0 Å². The van der Waals surface area contributed by atoms with Gasteiger partial charge in [0.15, 0.2) is 4.34 Å². The molecular weight excluding hydrogens is 284 g/mol. The minimum atomic E-state index is 0.721. The zero-order valence-corrected chi connectivity index (χ0v) is 12.1. The number of aromatic nitrogens is 1. The normalized spacial score (nSPS) is 14.9. The van der Waals surface area contributed by atoms with Gasteiger partial charge < -0.3 is 5.32 Å². The Labute approximate surface area is 120 Å². The second kappa shape index (κ2) is 5.61. The topological polar surface area (TPSA) is 24.9 Å². The first kappa shape index (κ1) is 12.5. The average molecular weight is 297 g/mol. The SMILES string of the molecule is Clc1ccc(CNC2CC2)c(Sc2nccs2)c1. The number of rotatable bonds is 5. The average Bonchev–Trinajstić information content (AvgIpc) is 3.05. The highest BCUT2D eigenvalue weighted by atomic mass is 35.5. The molecule has 1 aromatic heterocycles. The second-order valence-corrected chi connectivity index (χ2v) is 6.93. The van der Waals surface area contributed by atoms with Crippen LogP contribution in [0.3, 0.4) is 0 Å². The lowest BCUT2D eigenvalue weighted by Crippen LogP contribution is -2.15. The summed E-state index contributed by atoms with van der Waals surface area (Å²) in [6.45, 7) is 0.912. The van der Waals surface area contributed by atoms with E-state index in [1.807, 2.05) is 23.7 Å². The summed E-state index contributed by atoms with van der Waals surface area (Å²) in [5.41, 5.74) is 1.30. The molecule has 0 bridgehead atoms. The monoisotopic (exact) mass is 296 g/mol. The Kier molecular flexibility index (Phi) is 3.89. The molecule has 2 aromatic rings. The summed E-state index contributed by atoms with van der Waals surface area (Å²) in [6.07, 6.45) is 4.45. The van der Waals surface area contributed by atoms with E-state index in [1.54, 1.807) is 23.1 Å². The molecule has 3 rings (SSSR count).